The molecule has 278 valence electrons. The van der Waals surface area contributed by atoms with Gasteiger partial charge in [0.1, 0.15) is 23.6 Å². The molecule has 2 heterocycles. The predicted octanol–water partition coefficient (Wildman–Crippen LogP) is 7.54. The standard InChI is InChI=1S/C42H52N2O6S2/c1-28-16-17-36-41(4,20-18-37(50-30(3)46)42(36,5)27-49-29(2)45)34(28)26-35(33-19-25-48-39(33)47)52-40(51)44-23-21-43(22-24-44)38(31-12-8-6-9-13-31)32-14-10-7-11-15-32/h6-15,19,34-38H,1,16-18,20-27H2,2-5H3/t34-,35+,36+,37-,41+,42+/m1/s1. The number of carbonyl (C=O) groups is 3. The molecule has 2 saturated carbocycles. The Bertz CT molecular complexity index is 1640. The molecule has 6 rings (SSSR count). The normalized spacial score (nSPS) is 28.4. The molecule has 0 amide bonds. The highest BCUT2D eigenvalue weighted by Crippen LogP contribution is 2.63. The molecule has 0 radical (unpaired) electrons. The number of hydrogen-bond acceptors (Lipinski definition) is 9. The minimum absolute atomic E-state index is 0.0742. The van der Waals surface area contributed by atoms with Crippen molar-refractivity contribution in [1.82, 2.24) is 9.80 Å². The second-order valence-electron chi connectivity index (χ2n) is 15.3. The molecule has 8 nitrogen and oxygen atoms in total. The van der Waals surface area contributed by atoms with E-state index in [-0.39, 0.29) is 65.8 Å². The molecule has 52 heavy (non-hydrogen) atoms. The van der Waals surface area contributed by atoms with Crippen molar-refractivity contribution in [2.45, 2.75) is 77.2 Å². The fraction of sp³-hybridized carbons (Fsp3) is 0.524. The highest BCUT2D eigenvalue weighted by atomic mass is 32.2. The number of thiocarbonyl (C=S) groups is 1. The quantitative estimate of drug-likeness (QED) is 0.105. The monoisotopic (exact) mass is 744 g/mol. The number of fused-ring (bicyclic) bond motifs is 1. The third-order valence-electron chi connectivity index (χ3n) is 12.2. The first kappa shape index (κ1) is 38.3. The molecule has 0 N–H and O–H groups in total. The van der Waals surface area contributed by atoms with Crippen molar-refractivity contribution in [1.29, 1.82) is 0 Å². The number of thioether (sulfide) groups is 1. The van der Waals surface area contributed by atoms with E-state index in [1.807, 2.05) is 6.08 Å². The summed E-state index contributed by atoms with van der Waals surface area (Å²) in [4.78, 5) is 42.2. The van der Waals surface area contributed by atoms with Crippen LogP contribution in [0, 0.1) is 22.7 Å². The van der Waals surface area contributed by atoms with Crippen LogP contribution in [0.1, 0.15) is 77.0 Å². The van der Waals surface area contributed by atoms with Gasteiger partial charge < -0.3 is 19.1 Å². The van der Waals surface area contributed by atoms with Crippen molar-refractivity contribution < 1.29 is 28.6 Å². The Morgan fingerprint density at radius 1 is 0.981 bits per heavy atom. The van der Waals surface area contributed by atoms with Crippen LogP contribution in [-0.4, -0.2) is 82.8 Å². The maximum atomic E-state index is 13.2. The number of hydrogen-bond donors (Lipinski definition) is 0. The zero-order chi connectivity index (χ0) is 37.0. The topological polar surface area (TPSA) is 85.4 Å². The van der Waals surface area contributed by atoms with Crippen LogP contribution in [0.2, 0.25) is 0 Å². The highest BCUT2D eigenvalue weighted by Gasteiger charge is 2.60. The molecule has 0 spiro atoms. The second kappa shape index (κ2) is 16.3. The van der Waals surface area contributed by atoms with Crippen LogP contribution >= 0.6 is 24.0 Å². The maximum Gasteiger partial charge on any atom is 0.335 e. The van der Waals surface area contributed by atoms with Gasteiger partial charge in [-0.1, -0.05) is 111 Å². The molecule has 0 unspecified atom stereocenters. The lowest BCUT2D eigenvalue weighted by Gasteiger charge is -2.60. The number of piperazine rings is 1. The van der Waals surface area contributed by atoms with Crippen LogP contribution in [0.4, 0.5) is 0 Å². The van der Waals surface area contributed by atoms with E-state index in [9.17, 15) is 14.4 Å². The Morgan fingerprint density at radius 2 is 1.62 bits per heavy atom. The average molecular weight is 745 g/mol. The minimum Gasteiger partial charge on any atom is -0.465 e. The van der Waals surface area contributed by atoms with Gasteiger partial charge in [0.05, 0.1) is 11.6 Å². The summed E-state index contributed by atoms with van der Waals surface area (Å²) in [7, 11) is 0. The summed E-state index contributed by atoms with van der Waals surface area (Å²) in [5.74, 6) is -0.775. The van der Waals surface area contributed by atoms with E-state index in [0.29, 0.717) is 18.4 Å². The Kier molecular flexibility index (Phi) is 12.0. The first-order chi connectivity index (χ1) is 24.9. The van der Waals surface area contributed by atoms with Gasteiger partial charge >= 0.3 is 17.9 Å². The van der Waals surface area contributed by atoms with Crippen LogP contribution in [0.5, 0.6) is 0 Å². The summed E-state index contributed by atoms with van der Waals surface area (Å²) in [5, 5.41) is -0.204. The molecule has 3 fully saturated rings. The number of nitrogens with zero attached hydrogens (tertiary/aromatic N) is 2. The fourth-order valence-corrected chi connectivity index (χ4v) is 11.3. The molecule has 1 saturated heterocycles. The van der Waals surface area contributed by atoms with Crippen molar-refractivity contribution >= 4 is 46.2 Å². The lowest BCUT2D eigenvalue weighted by Crippen LogP contribution is -2.59. The van der Waals surface area contributed by atoms with E-state index in [0.717, 1.165) is 49.8 Å². The Hall–Kier alpha value is -3.47. The molecular formula is C42H52N2O6S2. The Balaban J connectivity index is 1.20. The minimum atomic E-state index is -0.566. The summed E-state index contributed by atoms with van der Waals surface area (Å²) in [6.45, 7) is 15.6. The lowest BCUT2D eigenvalue weighted by atomic mass is 9.46. The fourth-order valence-electron chi connectivity index (χ4n) is 9.58. The summed E-state index contributed by atoms with van der Waals surface area (Å²) in [6.07, 6.45) is 5.40. The van der Waals surface area contributed by atoms with E-state index in [1.165, 1.54) is 30.5 Å². The van der Waals surface area contributed by atoms with Gasteiger partial charge in [-0.05, 0) is 66.6 Å². The van der Waals surface area contributed by atoms with Gasteiger partial charge in [-0.25, -0.2) is 4.79 Å². The molecule has 0 aromatic heterocycles. The first-order valence-electron chi connectivity index (χ1n) is 18.6. The van der Waals surface area contributed by atoms with Crippen LogP contribution in [0.15, 0.2) is 84.5 Å². The molecule has 6 atom stereocenters. The van der Waals surface area contributed by atoms with E-state index in [2.05, 4.69) is 90.9 Å². The van der Waals surface area contributed by atoms with Crippen molar-refractivity contribution in [2.75, 3.05) is 39.4 Å². The van der Waals surface area contributed by atoms with E-state index in [4.69, 9.17) is 26.4 Å². The number of rotatable bonds is 10. The highest BCUT2D eigenvalue weighted by molar-refractivity contribution is 8.23. The maximum absolute atomic E-state index is 13.2. The van der Waals surface area contributed by atoms with Gasteiger partial charge in [0.25, 0.3) is 0 Å². The molecule has 4 aliphatic rings. The van der Waals surface area contributed by atoms with Crippen molar-refractivity contribution in [2.24, 2.45) is 22.7 Å². The lowest BCUT2D eigenvalue weighted by molar-refractivity contribution is -0.191. The van der Waals surface area contributed by atoms with Gasteiger partial charge in [0.2, 0.25) is 0 Å². The van der Waals surface area contributed by atoms with Crippen molar-refractivity contribution in [3.05, 3.63) is 95.6 Å². The molecule has 2 aliphatic carbocycles. The number of allylic oxidation sites excluding steroid dienone is 1. The number of carbonyl (C=O) groups excluding carboxylic acids is 3. The third-order valence-corrected chi connectivity index (χ3v) is 13.9. The number of cyclic esters (lactones) is 1. The number of benzene rings is 2. The van der Waals surface area contributed by atoms with Crippen LogP contribution in [0.25, 0.3) is 0 Å². The molecule has 0 bridgehead atoms. The van der Waals surface area contributed by atoms with E-state index in [1.54, 1.807) is 11.8 Å². The van der Waals surface area contributed by atoms with Gasteiger partial charge in [0, 0.05) is 50.7 Å². The third kappa shape index (κ3) is 8.04. The summed E-state index contributed by atoms with van der Waals surface area (Å²) >= 11 is 7.78. The zero-order valence-electron chi connectivity index (χ0n) is 30.9. The summed E-state index contributed by atoms with van der Waals surface area (Å²) < 4.78 is 17.8. The summed E-state index contributed by atoms with van der Waals surface area (Å²) in [5.41, 5.74) is 3.61. The Morgan fingerprint density at radius 3 is 2.17 bits per heavy atom. The van der Waals surface area contributed by atoms with Gasteiger partial charge in [-0.15, -0.1) is 0 Å². The predicted molar refractivity (Wildman–Crippen MR) is 208 cm³/mol. The smallest absolute Gasteiger partial charge is 0.335 e. The molecule has 2 aliphatic heterocycles. The van der Waals surface area contributed by atoms with Crippen molar-refractivity contribution in [3.63, 3.8) is 0 Å². The largest absolute Gasteiger partial charge is 0.465 e. The molecular weight excluding hydrogens is 693 g/mol. The second-order valence-corrected chi connectivity index (χ2v) is 17.2. The zero-order valence-corrected chi connectivity index (χ0v) is 32.5. The SMILES string of the molecule is C=C1CC[C@@H]2[C@](C)(COC(C)=O)[C@H](OC(C)=O)CC[C@@]2(C)[C@@H]1C[C@H](SC(=S)N1CCN(C(c2ccccc2)c2ccccc2)CC1)C1=CCOC1=O. The van der Waals surface area contributed by atoms with Crippen molar-refractivity contribution in [3.8, 4) is 0 Å². The van der Waals surface area contributed by atoms with Crippen LogP contribution < -0.4 is 0 Å². The average Bonchev–Trinajstić information content (AvgIpc) is 3.56. The number of ether oxygens (including phenoxy) is 3. The van der Waals surface area contributed by atoms with Gasteiger partial charge in [-0.2, -0.15) is 0 Å². The van der Waals surface area contributed by atoms with E-state index < -0.39 is 5.41 Å². The Labute approximate surface area is 318 Å². The molecule has 2 aromatic rings. The molecule has 2 aromatic carbocycles. The first-order valence-corrected chi connectivity index (χ1v) is 19.8. The molecule has 10 heteroatoms. The van der Waals surface area contributed by atoms with Gasteiger partial charge in [0.15, 0.2) is 0 Å². The number of esters is 3. The van der Waals surface area contributed by atoms with Gasteiger partial charge in [-0.3, -0.25) is 14.5 Å². The summed E-state index contributed by atoms with van der Waals surface area (Å²) in [6, 6.07) is 21.5. The van der Waals surface area contributed by atoms with Crippen LogP contribution in [-0.2, 0) is 28.6 Å². The van der Waals surface area contributed by atoms with Crippen LogP contribution in [0.3, 0.4) is 0 Å². The van der Waals surface area contributed by atoms with E-state index >= 15 is 0 Å².